The number of rotatable bonds is 4. The van der Waals surface area contributed by atoms with E-state index in [1.54, 1.807) is 0 Å². The molecule has 182 valence electrons. The fraction of sp³-hybridized carbons (Fsp3) is 0.381. The molecule has 1 saturated heterocycles. The lowest BCUT2D eigenvalue weighted by atomic mass is 10.1. The van der Waals surface area contributed by atoms with E-state index in [1.807, 2.05) is 13.8 Å². The lowest BCUT2D eigenvalue weighted by Crippen LogP contribution is -2.36. The Balaban J connectivity index is 0.000000454. The molecule has 1 amide bonds. The smallest absolute Gasteiger partial charge is 0.368 e. The maximum absolute atomic E-state index is 12.5. The zero-order chi connectivity index (χ0) is 25.2. The molecule has 1 unspecified atom stereocenters. The summed E-state index contributed by atoms with van der Waals surface area (Å²) in [6.45, 7) is 7.88. The molecule has 0 spiro atoms. The normalized spacial score (nSPS) is 15.6. The second kappa shape index (κ2) is 12.2. The fourth-order valence-electron chi connectivity index (χ4n) is 2.65. The van der Waals surface area contributed by atoms with Crippen LogP contribution in [0.3, 0.4) is 0 Å². The van der Waals surface area contributed by atoms with Crippen LogP contribution in [0.5, 0.6) is 0 Å². The number of hydrogen-bond acceptors (Lipinski definition) is 7. The molecule has 1 aromatic carbocycles. The van der Waals surface area contributed by atoms with Gasteiger partial charge in [0.15, 0.2) is 5.82 Å². The van der Waals surface area contributed by atoms with Crippen molar-refractivity contribution in [3.63, 3.8) is 0 Å². The molecule has 0 bridgehead atoms. The molecule has 1 fully saturated rings. The first kappa shape index (κ1) is 27.9. The zero-order valence-corrected chi connectivity index (χ0v) is 18.1. The van der Waals surface area contributed by atoms with Crippen molar-refractivity contribution in [2.45, 2.75) is 38.5 Å². The first-order valence-corrected chi connectivity index (χ1v) is 9.87. The van der Waals surface area contributed by atoms with Crippen LogP contribution in [0.15, 0.2) is 49.3 Å². The van der Waals surface area contributed by atoms with Gasteiger partial charge in [0.25, 0.3) is 0 Å². The monoisotopic (exact) mass is 474 g/mol. The molecule has 33 heavy (non-hydrogen) atoms. The van der Waals surface area contributed by atoms with E-state index in [9.17, 15) is 32.6 Å². The Kier molecular flexibility index (Phi) is 10.4. The summed E-state index contributed by atoms with van der Waals surface area (Å²) in [6, 6.07) is 3.35. The molecule has 1 aliphatic rings. The Hall–Kier alpha value is -3.09. The van der Waals surface area contributed by atoms with Crippen LogP contribution in [0.2, 0.25) is 0 Å². The number of anilines is 1. The molecular formula is C21H26F4N4O4. The summed E-state index contributed by atoms with van der Waals surface area (Å²) in [5, 5.41) is 19.9. The van der Waals surface area contributed by atoms with Gasteiger partial charge in [0.05, 0.1) is 24.1 Å². The number of carbonyl (C=O) groups is 1. The minimum atomic E-state index is -4.51. The molecule has 0 radical (unpaired) electrons. The van der Waals surface area contributed by atoms with Crippen LogP contribution in [0.4, 0.5) is 23.5 Å². The summed E-state index contributed by atoms with van der Waals surface area (Å²) in [5.74, 6) is -3.42. The number of halogens is 4. The molecule has 3 rings (SSSR count). The van der Waals surface area contributed by atoms with Crippen molar-refractivity contribution in [3.05, 3.63) is 66.3 Å². The fourth-order valence-corrected chi connectivity index (χ4v) is 2.65. The van der Waals surface area contributed by atoms with Gasteiger partial charge >= 0.3 is 12.1 Å². The third-order valence-electron chi connectivity index (χ3n) is 4.19. The van der Waals surface area contributed by atoms with Gasteiger partial charge < -0.3 is 25.6 Å². The molecule has 1 atom stereocenters. The second-order valence-corrected chi connectivity index (χ2v) is 6.46. The number of likely N-dealkylation sites (tertiary alicyclic amines) is 1. The van der Waals surface area contributed by atoms with Crippen LogP contribution in [0.25, 0.3) is 0 Å². The van der Waals surface area contributed by atoms with Gasteiger partial charge in [0, 0.05) is 18.7 Å². The van der Waals surface area contributed by atoms with Gasteiger partial charge in [-0.3, -0.25) is 4.79 Å². The Bertz CT molecular complexity index is 870. The van der Waals surface area contributed by atoms with Gasteiger partial charge in [0.1, 0.15) is 0 Å². The van der Waals surface area contributed by atoms with Crippen molar-refractivity contribution in [1.82, 2.24) is 14.9 Å². The predicted octanol–water partition coefficient (Wildman–Crippen LogP) is 2.83. The van der Waals surface area contributed by atoms with Gasteiger partial charge in [0.2, 0.25) is 11.9 Å². The Morgan fingerprint density at radius 3 is 2.15 bits per heavy atom. The number of aromatic nitrogens is 2. The highest BCUT2D eigenvalue weighted by atomic mass is 19.4. The number of nitrogen functional groups attached to an aromatic ring is 1. The van der Waals surface area contributed by atoms with E-state index in [1.165, 1.54) is 4.90 Å². The Morgan fingerprint density at radius 2 is 1.70 bits per heavy atom. The minimum Gasteiger partial charge on any atom is -0.368 e. The number of benzene rings is 1. The molecule has 8 nitrogen and oxygen atoms in total. The van der Waals surface area contributed by atoms with E-state index in [2.05, 4.69) is 16.5 Å². The predicted molar refractivity (Wildman–Crippen MR) is 112 cm³/mol. The van der Waals surface area contributed by atoms with Crippen molar-refractivity contribution in [3.8, 4) is 0 Å². The van der Waals surface area contributed by atoms with Gasteiger partial charge in [-0.05, 0) is 24.6 Å². The quantitative estimate of drug-likeness (QED) is 0.354. The molecule has 0 aliphatic carbocycles. The second-order valence-electron chi connectivity index (χ2n) is 6.46. The molecule has 1 aromatic heterocycles. The lowest BCUT2D eigenvalue weighted by Gasteiger charge is -2.26. The third kappa shape index (κ3) is 8.75. The number of ether oxygens (including phenoxy) is 1. The van der Waals surface area contributed by atoms with Crippen molar-refractivity contribution < 1.29 is 37.3 Å². The van der Waals surface area contributed by atoms with E-state index in [0.717, 1.165) is 42.7 Å². The van der Waals surface area contributed by atoms with Crippen LogP contribution >= 0.6 is 0 Å². The van der Waals surface area contributed by atoms with Crippen LogP contribution in [0, 0.1) is 5.82 Å². The van der Waals surface area contributed by atoms with Crippen LogP contribution < -0.4 is 5.73 Å². The van der Waals surface area contributed by atoms with Gasteiger partial charge in [-0.2, -0.15) is 13.2 Å². The maximum atomic E-state index is 12.5. The molecule has 12 heteroatoms. The molecular weight excluding hydrogens is 448 g/mol. The number of amides is 1. The molecule has 4 N–H and O–H groups in total. The number of nitrogens with zero attached hydrogens (tertiary/aromatic N) is 3. The molecule has 2 heterocycles. The highest BCUT2D eigenvalue weighted by molar-refractivity contribution is 5.87. The molecule has 2 aromatic rings. The van der Waals surface area contributed by atoms with E-state index in [0.29, 0.717) is 13.0 Å². The first-order chi connectivity index (χ1) is 15.4. The van der Waals surface area contributed by atoms with Gasteiger partial charge in [-0.25, -0.2) is 14.4 Å². The van der Waals surface area contributed by atoms with Gasteiger partial charge in [-0.15, -0.1) is 0 Å². The molecule has 1 aliphatic heterocycles. The highest BCUT2D eigenvalue weighted by Crippen LogP contribution is 2.31. The number of hydrogen-bond donors (Lipinski definition) is 3. The van der Waals surface area contributed by atoms with Crippen molar-refractivity contribution in [2.75, 3.05) is 18.8 Å². The Morgan fingerprint density at radius 1 is 1.18 bits per heavy atom. The summed E-state index contributed by atoms with van der Waals surface area (Å²) in [4.78, 5) is 19.6. The number of nitrogens with two attached hydrogens (primary N) is 1. The van der Waals surface area contributed by atoms with E-state index >= 15 is 0 Å². The van der Waals surface area contributed by atoms with Crippen molar-refractivity contribution >= 4 is 11.9 Å². The lowest BCUT2D eigenvalue weighted by molar-refractivity contribution is -0.364. The van der Waals surface area contributed by atoms with Crippen LogP contribution in [0.1, 0.15) is 31.4 Å². The maximum Gasteiger partial charge on any atom is 0.416 e. The largest absolute Gasteiger partial charge is 0.416 e. The summed E-state index contributed by atoms with van der Waals surface area (Å²) >= 11 is 0. The van der Waals surface area contributed by atoms with E-state index in [-0.39, 0.29) is 24.0 Å². The number of aliphatic hydroxyl groups is 2. The Labute approximate surface area is 188 Å². The topological polar surface area (TPSA) is 122 Å². The first-order valence-electron chi connectivity index (χ1n) is 9.87. The standard InChI is InChI=1S/C15H16F3NO4.C4H4FN3.C2H6/c1-2-13(20)19-8-7-12(9-19)23-15(21,22)11-5-3-10(4-6-11)14(16,17)18;5-3-1-7-4(6)8-2-3;1-2/h2-6,12,21-22H,1,7-9H2;1-2H,(H2,6,7,8);1-2H3. The zero-order valence-electron chi connectivity index (χ0n) is 18.1. The summed E-state index contributed by atoms with van der Waals surface area (Å²) in [7, 11) is 0. The van der Waals surface area contributed by atoms with Crippen molar-refractivity contribution in [2.24, 2.45) is 0 Å². The molecule has 0 saturated carbocycles. The summed E-state index contributed by atoms with van der Waals surface area (Å²) in [5.41, 5.74) is 3.91. The third-order valence-corrected chi connectivity index (χ3v) is 4.19. The average Bonchev–Trinajstić information content (AvgIpc) is 3.24. The van der Waals surface area contributed by atoms with E-state index < -0.39 is 29.6 Å². The summed E-state index contributed by atoms with van der Waals surface area (Å²) in [6.07, 6.45) is -1.60. The number of carbonyl (C=O) groups excluding carboxylic acids is 1. The average molecular weight is 474 g/mol. The van der Waals surface area contributed by atoms with Gasteiger partial charge in [-0.1, -0.05) is 32.6 Å². The van der Waals surface area contributed by atoms with Crippen LogP contribution in [-0.4, -0.2) is 50.2 Å². The highest BCUT2D eigenvalue weighted by Gasteiger charge is 2.36. The van der Waals surface area contributed by atoms with Crippen molar-refractivity contribution in [1.29, 1.82) is 0 Å². The minimum absolute atomic E-state index is 0.0893. The SMILES string of the molecule is C=CC(=O)N1CCC(OC(O)(O)c2ccc(C(F)(F)F)cc2)C1.CC.Nc1ncc(F)cn1. The van der Waals surface area contributed by atoms with E-state index in [4.69, 9.17) is 10.5 Å². The summed E-state index contributed by atoms with van der Waals surface area (Å²) < 4.78 is 54.5. The van der Waals surface area contributed by atoms with Crippen LogP contribution in [-0.2, 0) is 21.7 Å². The number of alkyl halides is 3.